The molecule has 0 aliphatic carbocycles. The molecule has 2 rings (SSSR count). The minimum Gasteiger partial charge on any atom is -0.335 e. The van der Waals surface area contributed by atoms with Crippen LogP contribution in [0.2, 0.25) is 5.02 Å². The van der Waals surface area contributed by atoms with Crippen molar-refractivity contribution in [2.24, 2.45) is 5.73 Å². The lowest BCUT2D eigenvalue weighted by Gasteiger charge is -2.34. The number of piperazine rings is 1. The molecular weight excluding hydrogens is 266 g/mol. The topological polar surface area (TPSA) is 66.6 Å². The third-order valence-corrected chi connectivity index (χ3v) is 3.38. The Labute approximate surface area is 116 Å². The summed E-state index contributed by atoms with van der Waals surface area (Å²) in [4.78, 5) is 26.6. The lowest BCUT2D eigenvalue weighted by atomic mass is 10.2. The fourth-order valence-corrected chi connectivity index (χ4v) is 2.15. The molecule has 5 nitrogen and oxygen atoms in total. The molecule has 1 aliphatic heterocycles. The van der Waals surface area contributed by atoms with E-state index < -0.39 is 0 Å². The van der Waals surface area contributed by atoms with Crippen LogP contribution in [0.1, 0.15) is 5.56 Å². The molecule has 0 atom stereocenters. The zero-order chi connectivity index (χ0) is 13.8. The average molecular weight is 282 g/mol. The lowest BCUT2D eigenvalue weighted by molar-refractivity contribution is -0.145. The van der Waals surface area contributed by atoms with Crippen LogP contribution in [0, 0.1) is 0 Å². The number of hydrogen-bond donors (Lipinski definition) is 1. The highest BCUT2D eigenvalue weighted by molar-refractivity contribution is 6.30. The van der Waals surface area contributed by atoms with Crippen molar-refractivity contribution in [3.63, 3.8) is 0 Å². The van der Waals surface area contributed by atoms with Gasteiger partial charge in [-0.2, -0.15) is 0 Å². The second kappa shape index (κ2) is 6.04. The smallest absolute Gasteiger partial charge is 0.242 e. The second-order valence-corrected chi connectivity index (χ2v) is 4.90. The van der Waals surface area contributed by atoms with Gasteiger partial charge in [0, 0.05) is 24.7 Å². The zero-order valence-electron chi connectivity index (χ0n) is 10.5. The summed E-state index contributed by atoms with van der Waals surface area (Å²) in [6.07, 6.45) is 0. The van der Waals surface area contributed by atoms with Gasteiger partial charge in [0.1, 0.15) is 0 Å². The van der Waals surface area contributed by atoms with Crippen LogP contribution in [0.4, 0.5) is 0 Å². The van der Waals surface area contributed by atoms with Gasteiger partial charge in [0.25, 0.3) is 0 Å². The summed E-state index contributed by atoms with van der Waals surface area (Å²) >= 11 is 5.82. The maximum absolute atomic E-state index is 12.0. The van der Waals surface area contributed by atoms with E-state index in [0.29, 0.717) is 24.7 Å². The molecule has 102 valence electrons. The summed E-state index contributed by atoms with van der Waals surface area (Å²) in [5.74, 6) is -0.234. The largest absolute Gasteiger partial charge is 0.335 e. The van der Waals surface area contributed by atoms with Gasteiger partial charge in [-0.3, -0.25) is 9.59 Å². The highest BCUT2D eigenvalue weighted by Gasteiger charge is 2.26. The van der Waals surface area contributed by atoms with Crippen molar-refractivity contribution in [3.05, 3.63) is 34.9 Å². The summed E-state index contributed by atoms with van der Waals surface area (Å²) < 4.78 is 0. The number of rotatable bonds is 3. The van der Waals surface area contributed by atoms with E-state index >= 15 is 0 Å². The predicted molar refractivity (Wildman–Crippen MR) is 72.5 cm³/mol. The van der Waals surface area contributed by atoms with Crippen molar-refractivity contribution in [2.45, 2.75) is 6.54 Å². The number of nitrogens with two attached hydrogens (primary N) is 1. The van der Waals surface area contributed by atoms with E-state index in [1.165, 1.54) is 4.90 Å². The summed E-state index contributed by atoms with van der Waals surface area (Å²) in [7, 11) is 0. The predicted octanol–water partition coefficient (Wildman–Crippen LogP) is 0.470. The Kier molecular flexibility index (Phi) is 4.39. The Morgan fingerprint density at radius 2 is 1.95 bits per heavy atom. The van der Waals surface area contributed by atoms with Crippen molar-refractivity contribution in [2.75, 3.05) is 26.2 Å². The van der Waals surface area contributed by atoms with Crippen LogP contribution in [-0.4, -0.2) is 47.8 Å². The third kappa shape index (κ3) is 3.45. The lowest BCUT2D eigenvalue weighted by Crippen LogP contribution is -2.53. The summed E-state index contributed by atoms with van der Waals surface area (Å²) in [5.41, 5.74) is 6.32. The number of amides is 2. The summed E-state index contributed by atoms with van der Waals surface area (Å²) in [6, 6.07) is 7.39. The van der Waals surface area contributed by atoms with Crippen LogP contribution in [0.3, 0.4) is 0 Å². The molecule has 1 aromatic carbocycles. The molecule has 1 saturated heterocycles. The van der Waals surface area contributed by atoms with Crippen LogP contribution in [0.5, 0.6) is 0 Å². The van der Waals surface area contributed by atoms with Crippen LogP contribution >= 0.6 is 11.6 Å². The Morgan fingerprint density at radius 3 is 2.53 bits per heavy atom. The van der Waals surface area contributed by atoms with Crippen LogP contribution in [0.15, 0.2) is 24.3 Å². The first-order valence-electron chi connectivity index (χ1n) is 6.10. The molecular formula is C13H16ClN3O2. The number of carbonyl (C=O) groups is 2. The number of halogens is 1. The molecule has 6 heteroatoms. The van der Waals surface area contributed by atoms with Gasteiger partial charge in [-0.25, -0.2) is 0 Å². The van der Waals surface area contributed by atoms with E-state index in [-0.39, 0.29) is 24.9 Å². The van der Waals surface area contributed by atoms with Crippen molar-refractivity contribution >= 4 is 23.4 Å². The van der Waals surface area contributed by atoms with Gasteiger partial charge in [-0.05, 0) is 17.7 Å². The minimum absolute atomic E-state index is 0.0511. The Balaban J connectivity index is 1.95. The van der Waals surface area contributed by atoms with E-state index in [2.05, 4.69) is 0 Å². The van der Waals surface area contributed by atoms with Gasteiger partial charge in [0.2, 0.25) is 11.8 Å². The fraction of sp³-hybridized carbons (Fsp3) is 0.385. The van der Waals surface area contributed by atoms with Gasteiger partial charge < -0.3 is 15.5 Å². The Morgan fingerprint density at radius 1 is 1.26 bits per heavy atom. The monoisotopic (exact) mass is 281 g/mol. The van der Waals surface area contributed by atoms with E-state index in [1.807, 2.05) is 12.1 Å². The zero-order valence-corrected chi connectivity index (χ0v) is 11.3. The molecule has 1 aliphatic rings. The molecule has 0 aromatic heterocycles. The number of nitrogens with zero attached hydrogens (tertiary/aromatic N) is 2. The molecule has 0 unspecified atom stereocenters. The first kappa shape index (κ1) is 13.8. The van der Waals surface area contributed by atoms with E-state index in [1.54, 1.807) is 17.0 Å². The van der Waals surface area contributed by atoms with Gasteiger partial charge in [-0.15, -0.1) is 0 Å². The minimum atomic E-state index is -0.181. The second-order valence-electron chi connectivity index (χ2n) is 4.46. The van der Waals surface area contributed by atoms with Crippen LogP contribution < -0.4 is 5.73 Å². The quantitative estimate of drug-likeness (QED) is 0.876. The van der Waals surface area contributed by atoms with Gasteiger partial charge in [0.05, 0.1) is 13.1 Å². The molecule has 0 saturated carbocycles. The molecule has 0 spiro atoms. The third-order valence-electron chi connectivity index (χ3n) is 3.13. The molecule has 2 amide bonds. The van der Waals surface area contributed by atoms with Gasteiger partial charge >= 0.3 is 0 Å². The normalized spacial score (nSPS) is 15.8. The molecule has 0 radical (unpaired) electrons. The Bertz CT molecular complexity index is 475. The van der Waals surface area contributed by atoms with Crippen molar-refractivity contribution < 1.29 is 9.59 Å². The fourth-order valence-electron chi connectivity index (χ4n) is 2.03. The van der Waals surface area contributed by atoms with Gasteiger partial charge in [0.15, 0.2) is 0 Å². The average Bonchev–Trinajstić information content (AvgIpc) is 2.42. The van der Waals surface area contributed by atoms with Gasteiger partial charge in [-0.1, -0.05) is 23.7 Å². The number of benzene rings is 1. The standard InChI is InChI=1S/C13H16ClN3O2/c14-11-3-1-10(2-4-11)8-16-5-6-17(9-13(16)19)12(18)7-15/h1-4H,5-9,15H2. The van der Waals surface area contributed by atoms with Crippen molar-refractivity contribution in [1.29, 1.82) is 0 Å². The SMILES string of the molecule is NCC(=O)N1CCN(Cc2ccc(Cl)cc2)C(=O)C1. The van der Waals surface area contributed by atoms with Crippen molar-refractivity contribution in [1.82, 2.24) is 9.80 Å². The summed E-state index contributed by atoms with van der Waals surface area (Å²) in [6.45, 7) is 1.68. The molecule has 0 bridgehead atoms. The van der Waals surface area contributed by atoms with Crippen LogP contribution in [-0.2, 0) is 16.1 Å². The van der Waals surface area contributed by atoms with E-state index in [9.17, 15) is 9.59 Å². The number of carbonyl (C=O) groups excluding carboxylic acids is 2. The molecule has 1 heterocycles. The summed E-state index contributed by atoms with van der Waals surface area (Å²) in [5, 5.41) is 0.674. The molecule has 19 heavy (non-hydrogen) atoms. The maximum atomic E-state index is 12.0. The van der Waals surface area contributed by atoms with Crippen LogP contribution in [0.25, 0.3) is 0 Å². The Hall–Kier alpha value is -1.59. The first-order chi connectivity index (χ1) is 9.10. The van der Waals surface area contributed by atoms with E-state index in [0.717, 1.165) is 5.56 Å². The molecule has 2 N–H and O–H groups in total. The van der Waals surface area contributed by atoms with E-state index in [4.69, 9.17) is 17.3 Å². The highest BCUT2D eigenvalue weighted by Crippen LogP contribution is 2.13. The number of hydrogen-bond acceptors (Lipinski definition) is 3. The van der Waals surface area contributed by atoms with Crippen molar-refractivity contribution in [3.8, 4) is 0 Å². The maximum Gasteiger partial charge on any atom is 0.242 e. The first-order valence-corrected chi connectivity index (χ1v) is 6.48. The molecule has 1 aromatic rings. The molecule has 1 fully saturated rings. The highest BCUT2D eigenvalue weighted by atomic mass is 35.5.